The number of amides is 1. The highest BCUT2D eigenvalue weighted by Gasteiger charge is 2.29. The molecule has 8 heteroatoms. The van der Waals surface area contributed by atoms with E-state index in [4.69, 9.17) is 0 Å². The van der Waals surface area contributed by atoms with Gasteiger partial charge in [-0.3, -0.25) is 4.79 Å². The van der Waals surface area contributed by atoms with E-state index in [2.05, 4.69) is 15.8 Å². The van der Waals surface area contributed by atoms with E-state index in [1.165, 1.54) is 11.3 Å². The van der Waals surface area contributed by atoms with Gasteiger partial charge in [-0.1, -0.05) is 65.9 Å². The van der Waals surface area contributed by atoms with E-state index in [1.54, 1.807) is 0 Å². The summed E-state index contributed by atoms with van der Waals surface area (Å²) in [5, 5.41) is 0.415. The number of aryl methyl sites for hydroxylation is 2. The lowest BCUT2D eigenvalue weighted by Gasteiger charge is -2.18. The molecule has 1 aromatic heterocycles. The minimum atomic E-state index is -3.33. The van der Waals surface area contributed by atoms with Gasteiger partial charge in [0.25, 0.3) is 5.91 Å². The Labute approximate surface area is 210 Å². The summed E-state index contributed by atoms with van der Waals surface area (Å²) in [7, 11) is -3.33. The van der Waals surface area contributed by atoms with Crippen LogP contribution in [0.4, 0.5) is 10.8 Å². The van der Waals surface area contributed by atoms with E-state index in [0.717, 1.165) is 50.5 Å². The summed E-state index contributed by atoms with van der Waals surface area (Å²) in [6.07, 6.45) is 0.774. The van der Waals surface area contributed by atoms with Crippen molar-refractivity contribution >= 4 is 38.5 Å². The number of anilines is 2. The molecule has 1 aliphatic rings. The SMILES string of the molecule is Cc1ccccc1C(=O)N1CCc2cc(-c3nc(N[S+](=O)(O)Cc4ccccc4)sc3C)ccc21. The van der Waals surface area contributed by atoms with Gasteiger partial charge in [-0.15, -0.1) is 4.72 Å². The van der Waals surface area contributed by atoms with Crippen LogP contribution in [-0.4, -0.2) is 22.0 Å². The van der Waals surface area contributed by atoms with Gasteiger partial charge < -0.3 is 4.90 Å². The fraction of sp³-hybridized carbons (Fsp3) is 0.185. The third-order valence-corrected chi connectivity index (χ3v) is 8.37. The number of carbonyl (C=O) groups excluding carboxylic acids is 1. The van der Waals surface area contributed by atoms with Crippen LogP contribution in [0.1, 0.15) is 31.9 Å². The lowest BCUT2D eigenvalue weighted by atomic mass is 10.0. The van der Waals surface area contributed by atoms with E-state index in [9.17, 15) is 13.6 Å². The summed E-state index contributed by atoms with van der Waals surface area (Å²) in [5.74, 6) is 0.0211. The Morgan fingerprint density at radius 1 is 1.09 bits per heavy atom. The fourth-order valence-corrected chi connectivity index (χ4v) is 6.68. The minimum Gasteiger partial charge on any atom is -0.308 e. The minimum absolute atomic E-state index is 0.00536. The molecule has 0 saturated heterocycles. The first kappa shape index (κ1) is 23.4. The maximum Gasteiger partial charge on any atom is 0.317 e. The number of rotatable bonds is 6. The molecule has 4 aromatic rings. The van der Waals surface area contributed by atoms with Crippen molar-refractivity contribution in [2.24, 2.45) is 0 Å². The number of carbonyl (C=O) groups is 1. The van der Waals surface area contributed by atoms with E-state index >= 15 is 0 Å². The standard InChI is InChI=1S/C27H25N3O3S2/c1-18-8-6-7-11-23(18)26(31)30-15-14-21-16-22(12-13-24(21)30)25-19(2)34-27(28-25)29-35(32,33)17-20-9-4-3-5-10-20/h3-13,16H,14-15,17H2,1-2H3,(H-,28,29,32,33)/p+1. The molecule has 5 rings (SSSR count). The molecule has 6 nitrogen and oxygen atoms in total. The summed E-state index contributed by atoms with van der Waals surface area (Å²) in [6.45, 7) is 4.55. The van der Waals surface area contributed by atoms with Crippen LogP contribution in [0, 0.1) is 13.8 Å². The average molecular weight is 505 g/mol. The smallest absolute Gasteiger partial charge is 0.308 e. The summed E-state index contributed by atoms with van der Waals surface area (Å²) in [5.41, 5.74) is 6.20. The number of benzene rings is 3. The van der Waals surface area contributed by atoms with Crippen LogP contribution >= 0.6 is 11.3 Å². The van der Waals surface area contributed by atoms with Crippen molar-refractivity contribution in [3.05, 3.63) is 99.9 Å². The predicted octanol–water partition coefficient (Wildman–Crippen LogP) is 6.13. The van der Waals surface area contributed by atoms with Crippen molar-refractivity contribution in [2.75, 3.05) is 16.2 Å². The van der Waals surface area contributed by atoms with Crippen molar-refractivity contribution in [3.63, 3.8) is 0 Å². The molecule has 0 saturated carbocycles. The summed E-state index contributed by atoms with van der Waals surface area (Å²) in [6, 6.07) is 22.9. The topological polar surface area (TPSA) is 82.5 Å². The van der Waals surface area contributed by atoms with E-state index in [1.807, 2.05) is 85.5 Å². The molecule has 2 heterocycles. The zero-order chi connectivity index (χ0) is 24.6. The van der Waals surface area contributed by atoms with Crippen LogP contribution in [0.3, 0.4) is 0 Å². The number of fused-ring (bicyclic) bond motifs is 1. The maximum atomic E-state index is 13.2. The second-order valence-electron chi connectivity index (χ2n) is 8.66. The van der Waals surface area contributed by atoms with Gasteiger partial charge in [-0.25, -0.2) is 4.98 Å². The molecule has 0 spiro atoms. The van der Waals surface area contributed by atoms with Crippen molar-refractivity contribution in [1.29, 1.82) is 0 Å². The second-order valence-corrected chi connectivity index (χ2v) is 11.6. The Bertz CT molecular complexity index is 1450. The Balaban J connectivity index is 1.36. The zero-order valence-electron chi connectivity index (χ0n) is 19.5. The highest BCUT2D eigenvalue weighted by Crippen LogP contribution is 2.37. The van der Waals surface area contributed by atoms with Crippen molar-refractivity contribution in [3.8, 4) is 11.3 Å². The van der Waals surface area contributed by atoms with Gasteiger partial charge in [-0.2, -0.15) is 4.55 Å². The third-order valence-electron chi connectivity index (χ3n) is 6.12. The van der Waals surface area contributed by atoms with E-state index < -0.39 is 10.4 Å². The molecule has 0 bridgehead atoms. The summed E-state index contributed by atoms with van der Waals surface area (Å²) < 4.78 is 25.9. The molecule has 0 radical (unpaired) electrons. The quantitative estimate of drug-likeness (QED) is 0.310. The molecule has 35 heavy (non-hydrogen) atoms. The van der Waals surface area contributed by atoms with Crippen LogP contribution in [-0.2, 0) is 26.8 Å². The van der Waals surface area contributed by atoms with Crippen LogP contribution in [0.15, 0.2) is 72.8 Å². The van der Waals surface area contributed by atoms with Gasteiger partial charge in [-0.05, 0) is 53.8 Å². The Morgan fingerprint density at radius 2 is 1.83 bits per heavy atom. The van der Waals surface area contributed by atoms with Gasteiger partial charge in [0.2, 0.25) is 5.13 Å². The van der Waals surface area contributed by atoms with Gasteiger partial charge in [0.1, 0.15) is 0 Å². The van der Waals surface area contributed by atoms with Gasteiger partial charge in [0, 0.05) is 33.8 Å². The fourth-order valence-electron chi connectivity index (χ4n) is 4.40. The summed E-state index contributed by atoms with van der Waals surface area (Å²) in [4.78, 5) is 20.6. The maximum absolute atomic E-state index is 13.2. The molecule has 0 aliphatic carbocycles. The lowest BCUT2D eigenvalue weighted by Crippen LogP contribution is -2.29. The van der Waals surface area contributed by atoms with Crippen LogP contribution in [0.25, 0.3) is 11.3 Å². The Kier molecular flexibility index (Phi) is 6.27. The first-order valence-electron chi connectivity index (χ1n) is 11.3. The molecule has 0 fully saturated rings. The number of hydrogen-bond donors (Lipinski definition) is 2. The first-order chi connectivity index (χ1) is 16.8. The van der Waals surface area contributed by atoms with Gasteiger partial charge >= 0.3 is 10.4 Å². The molecule has 1 aliphatic heterocycles. The molecule has 178 valence electrons. The van der Waals surface area contributed by atoms with Crippen LogP contribution in [0.5, 0.6) is 0 Å². The van der Waals surface area contributed by atoms with Crippen molar-refractivity contribution in [2.45, 2.75) is 26.0 Å². The first-order valence-corrected chi connectivity index (χ1v) is 13.8. The molecule has 1 atom stereocenters. The van der Waals surface area contributed by atoms with Crippen LogP contribution in [0.2, 0.25) is 0 Å². The van der Waals surface area contributed by atoms with Crippen molar-refractivity contribution in [1.82, 2.24) is 4.98 Å². The Hall–Kier alpha value is -3.33. The normalized spacial score (nSPS) is 14.4. The Morgan fingerprint density at radius 3 is 2.60 bits per heavy atom. The monoisotopic (exact) mass is 504 g/mol. The lowest BCUT2D eigenvalue weighted by molar-refractivity contribution is 0.0989. The number of nitrogens with zero attached hydrogens (tertiary/aromatic N) is 2. The average Bonchev–Trinajstić information content (AvgIpc) is 3.41. The highest BCUT2D eigenvalue weighted by molar-refractivity contribution is 7.98. The molecule has 3 aromatic carbocycles. The number of hydrogen-bond acceptors (Lipinski definition) is 4. The van der Waals surface area contributed by atoms with Crippen LogP contribution < -0.4 is 9.62 Å². The van der Waals surface area contributed by atoms with E-state index in [0.29, 0.717) is 11.7 Å². The molecule has 1 amide bonds. The largest absolute Gasteiger partial charge is 0.317 e. The highest BCUT2D eigenvalue weighted by atomic mass is 32.3. The van der Waals surface area contributed by atoms with Crippen molar-refractivity contribution < 1.29 is 13.6 Å². The number of nitrogens with one attached hydrogen (secondary N) is 1. The molecular formula is C27H26N3O3S2+. The zero-order valence-corrected chi connectivity index (χ0v) is 21.2. The summed E-state index contributed by atoms with van der Waals surface area (Å²) >= 11 is 1.36. The third kappa shape index (κ3) is 4.91. The molecule has 2 N–H and O–H groups in total. The molecular weight excluding hydrogens is 478 g/mol. The number of thiazole rings is 1. The molecule has 1 unspecified atom stereocenters. The van der Waals surface area contributed by atoms with E-state index in [-0.39, 0.29) is 11.7 Å². The second kappa shape index (κ2) is 9.37. The predicted molar refractivity (Wildman–Crippen MR) is 143 cm³/mol. The van der Waals surface area contributed by atoms with Gasteiger partial charge in [0.15, 0.2) is 5.75 Å². The van der Waals surface area contributed by atoms with Gasteiger partial charge in [0.05, 0.1) is 5.69 Å². The number of aromatic nitrogens is 1.